The van der Waals surface area contributed by atoms with Crippen LogP contribution in [0.15, 0.2) is 78.9 Å². The standard InChI is InChI=1S/C23H17N3O5/c27-21(24-16-9-6-10-17(14-16)26(30)31)20(13-15-7-2-1-3-8-15)25-22(28)18-11-4-5-12-19(18)23(25)29/h1-12,14,20H,13H2,(H,24,27)/t20-/m1/s1. The number of nitrogens with zero attached hydrogens (tertiary/aromatic N) is 2. The highest BCUT2D eigenvalue weighted by Gasteiger charge is 2.42. The summed E-state index contributed by atoms with van der Waals surface area (Å²) in [5, 5.41) is 13.6. The minimum absolute atomic E-state index is 0.104. The van der Waals surface area contributed by atoms with Crippen LogP contribution >= 0.6 is 0 Å². The molecule has 0 bridgehead atoms. The molecule has 4 rings (SSSR count). The number of nitrogens with one attached hydrogen (secondary N) is 1. The summed E-state index contributed by atoms with van der Waals surface area (Å²) in [5.74, 6) is -1.70. The zero-order chi connectivity index (χ0) is 22.0. The summed E-state index contributed by atoms with van der Waals surface area (Å²) in [6.45, 7) is 0. The summed E-state index contributed by atoms with van der Waals surface area (Å²) in [5.41, 5.74) is 1.27. The number of nitro groups is 1. The fourth-order valence-electron chi connectivity index (χ4n) is 3.55. The van der Waals surface area contributed by atoms with Crippen molar-refractivity contribution in [1.29, 1.82) is 0 Å². The van der Waals surface area contributed by atoms with Crippen molar-refractivity contribution < 1.29 is 19.3 Å². The maximum Gasteiger partial charge on any atom is 0.271 e. The molecule has 154 valence electrons. The number of hydrogen-bond donors (Lipinski definition) is 1. The minimum Gasteiger partial charge on any atom is -0.324 e. The van der Waals surface area contributed by atoms with Crippen molar-refractivity contribution in [2.75, 3.05) is 5.32 Å². The molecule has 0 spiro atoms. The van der Waals surface area contributed by atoms with E-state index in [1.54, 1.807) is 48.5 Å². The Kier molecular flexibility index (Phi) is 5.28. The number of carbonyl (C=O) groups is 3. The summed E-state index contributed by atoms with van der Waals surface area (Å²) >= 11 is 0. The van der Waals surface area contributed by atoms with Crippen LogP contribution in [-0.4, -0.2) is 33.6 Å². The molecule has 1 atom stereocenters. The van der Waals surface area contributed by atoms with Gasteiger partial charge >= 0.3 is 0 Å². The Morgan fingerprint density at radius 1 is 0.903 bits per heavy atom. The van der Waals surface area contributed by atoms with E-state index in [-0.39, 0.29) is 28.9 Å². The Morgan fingerprint density at radius 2 is 1.52 bits per heavy atom. The van der Waals surface area contributed by atoms with Crippen molar-refractivity contribution in [1.82, 2.24) is 4.90 Å². The highest BCUT2D eigenvalue weighted by molar-refractivity contribution is 6.23. The van der Waals surface area contributed by atoms with E-state index in [0.29, 0.717) is 0 Å². The molecule has 0 radical (unpaired) electrons. The molecule has 1 heterocycles. The lowest BCUT2D eigenvalue weighted by atomic mass is 10.0. The van der Waals surface area contributed by atoms with E-state index in [1.807, 2.05) is 6.07 Å². The van der Waals surface area contributed by atoms with Crippen LogP contribution in [0.1, 0.15) is 26.3 Å². The number of amides is 3. The van der Waals surface area contributed by atoms with Gasteiger partial charge in [-0.2, -0.15) is 0 Å². The SMILES string of the molecule is O=C(Nc1cccc([N+](=O)[O-])c1)[C@@H](Cc1ccccc1)N1C(=O)c2ccccc2C1=O. The van der Waals surface area contributed by atoms with Crippen molar-refractivity contribution in [3.05, 3.63) is 106 Å². The maximum absolute atomic E-state index is 13.2. The lowest BCUT2D eigenvalue weighted by Gasteiger charge is -2.25. The molecule has 0 saturated heterocycles. The summed E-state index contributed by atoms with van der Waals surface area (Å²) in [6, 6.07) is 19.8. The monoisotopic (exact) mass is 415 g/mol. The summed E-state index contributed by atoms with van der Waals surface area (Å²) in [7, 11) is 0. The van der Waals surface area contributed by atoms with Gasteiger partial charge in [-0.25, -0.2) is 0 Å². The highest BCUT2D eigenvalue weighted by atomic mass is 16.6. The highest BCUT2D eigenvalue weighted by Crippen LogP contribution is 2.27. The number of carbonyl (C=O) groups excluding carboxylic acids is 3. The number of imide groups is 1. The number of anilines is 1. The Labute approximate surface area is 177 Å². The van der Waals surface area contributed by atoms with Gasteiger partial charge in [-0.1, -0.05) is 48.5 Å². The maximum atomic E-state index is 13.2. The van der Waals surface area contributed by atoms with Crippen molar-refractivity contribution in [3.63, 3.8) is 0 Å². The average Bonchev–Trinajstić information content (AvgIpc) is 3.03. The third-order valence-electron chi connectivity index (χ3n) is 5.04. The van der Waals surface area contributed by atoms with Crippen molar-refractivity contribution in [2.45, 2.75) is 12.5 Å². The van der Waals surface area contributed by atoms with E-state index in [0.717, 1.165) is 10.5 Å². The molecule has 8 heteroatoms. The number of rotatable bonds is 6. The first-order valence-electron chi connectivity index (χ1n) is 9.52. The number of benzene rings is 3. The molecule has 0 unspecified atom stereocenters. The molecule has 0 saturated carbocycles. The topological polar surface area (TPSA) is 110 Å². The fourth-order valence-corrected chi connectivity index (χ4v) is 3.55. The van der Waals surface area contributed by atoms with Crippen molar-refractivity contribution in [3.8, 4) is 0 Å². The van der Waals surface area contributed by atoms with Crippen LogP contribution in [0.25, 0.3) is 0 Å². The van der Waals surface area contributed by atoms with Gasteiger partial charge in [0.05, 0.1) is 16.1 Å². The predicted octanol–water partition coefficient (Wildman–Crippen LogP) is 3.44. The van der Waals surface area contributed by atoms with Gasteiger partial charge in [0.25, 0.3) is 17.5 Å². The van der Waals surface area contributed by atoms with E-state index < -0.39 is 28.7 Å². The Morgan fingerprint density at radius 3 is 2.13 bits per heavy atom. The van der Waals surface area contributed by atoms with E-state index >= 15 is 0 Å². The third kappa shape index (κ3) is 3.91. The second-order valence-corrected chi connectivity index (χ2v) is 7.03. The van der Waals surface area contributed by atoms with Crippen molar-refractivity contribution in [2.24, 2.45) is 0 Å². The summed E-state index contributed by atoms with van der Waals surface area (Å²) in [6.07, 6.45) is 0.104. The lowest BCUT2D eigenvalue weighted by Crippen LogP contribution is -2.48. The first-order valence-corrected chi connectivity index (χ1v) is 9.52. The predicted molar refractivity (Wildman–Crippen MR) is 113 cm³/mol. The molecule has 8 nitrogen and oxygen atoms in total. The molecule has 0 aliphatic carbocycles. The van der Waals surface area contributed by atoms with Crippen molar-refractivity contribution >= 4 is 29.1 Å². The van der Waals surface area contributed by atoms with E-state index in [9.17, 15) is 24.5 Å². The van der Waals surface area contributed by atoms with Crippen LogP contribution < -0.4 is 5.32 Å². The molecular formula is C23H17N3O5. The van der Waals surface area contributed by atoms with Gasteiger partial charge in [0.15, 0.2) is 0 Å². The minimum atomic E-state index is -1.13. The molecule has 0 aromatic heterocycles. The lowest BCUT2D eigenvalue weighted by molar-refractivity contribution is -0.384. The van der Waals surface area contributed by atoms with Gasteiger partial charge in [0.1, 0.15) is 6.04 Å². The molecule has 1 aliphatic heterocycles. The number of fused-ring (bicyclic) bond motifs is 1. The van der Waals surface area contributed by atoms with Gasteiger partial charge in [-0.15, -0.1) is 0 Å². The van der Waals surface area contributed by atoms with E-state index in [2.05, 4.69) is 5.32 Å². The van der Waals surface area contributed by atoms with Crippen LogP contribution in [0.3, 0.4) is 0 Å². The average molecular weight is 415 g/mol. The Balaban J connectivity index is 1.67. The first-order chi connectivity index (χ1) is 15.0. The van der Waals surface area contributed by atoms with Gasteiger partial charge in [0, 0.05) is 24.2 Å². The number of hydrogen-bond acceptors (Lipinski definition) is 5. The molecule has 0 fully saturated rings. The zero-order valence-electron chi connectivity index (χ0n) is 16.2. The van der Waals surface area contributed by atoms with Gasteiger partial charge in [0.2, 0.25) is 5.91 Å². The first kappa shape index (κ1) is 20.0. The van der Waals surface area contributed by atoms with Gasteiger partial charge < -0.3 is 5.32 Å². The van der Waals surface area contributed by atoms with Crippen LogP contribution in [0.2, 0.25) is 0 Å². The van der Waals surface area contributed by atoms with Gasteiger partial charge in [-0.05, 0) is 23.8 Å². The van der Waals surface area contributed by atoms with Crippen LogP contribution in [0, 0.1) is 10.1 Å². The third-order valence-corrected chi connectivity index (χ3v) is 5.04. The quantitative estimate of drug-likeness (QED) is 0.377. The second-order valence-electron chi connectivity index (χ2n) is 7.03. The van der Waals surface area contributed by atoms with Crippen LogP contribution in [-0.2, 0) is 11.2 Å². The Bertz CT molecular complexity index is 1160. The molecule has 31 heavy (non-hydrogen) atoms. The van der Waals surface area contributed by atoms with Crippen LogP contribution in [0.4, 0.5) is 11.4 Å². The fraction of sp³-hybridized carbons (Fsp3) is 0.0870. The van der Waals surface area contributed by atoms with E-state index in [4.69, 9.17) is 0 Å². The summed E-state index contributed by atoms with van der Waals surface area (Å²) in [4.78, 5) is 50.6. The van der Waals surface area contributed by atoms with E-state index in [1.165, 1.54) is 24.3 Å². The summed E-state index contributed by atoms with van der Waals surface area (Å²) < 4.78 is 0. The molecule has 3 aromatic carbocycles. The zero-order valence-corrected chi connectivity index (χ0v) is 16.2. The van der Waals surface area contributed by atoms with Crippen LogP contribution in [0.5, 0.6) is 0 Å². The number of nitro benzene ring substituents is 1. The van der Waals surface area contributed by atoms with Gasteiger partial charge in [-0.3, -0.25) is 29.4 Å². The molecule has 3 amide bonds. The molecule has 3 aromatic rings. The Hall–Kier alpha value is -4.33. The number of non-ortho nitro benzene ring substituents is 1. The molecule has 1 aliphatic rings. The molecular weight excluding hydrogens is 398 g/mol. The largest absolute Gasteiger partial charge is 0.324 e. The second kappa shape index (κ2) is 8.19. The smallest absolute Gasteiger partial charge is 0.271 e. The molecule has 1 N–H and O–H groups in total. The normalized spacial score (nSPS) is 13.6.